The lowest BCUT2D eigenvalue weighted by molar-refractivity contribution is 0.137. The first kappa shape index (κ1) is 11.2. The molecule has 3 rings (SSSR count). The van der Waals surface area contributed by atoms with Crippen molar-refractivity contribution in [3.8, 4) is 0 Å². The van der Waals surface area contributed by atoms with E-state index in [1.165, 1.54) is 5.69 Å². The van der Waals surface area contributed by atoms with Crippen molar-refractivity contribution in [2.75, 3.05) is 18.8 Å². The predicted molar refractivity (Wildman–Crippen MR) is 70.9 cm³/mol. The van der Waals surface area contributed by atoms with Gasteiger partial charge < -0.3 is 5.73 Å². The van der Waals surface area contributed by atoms with Crippen LogP contribution in [0.5, 0.6) is 0 Å². The van der Waals surface area contributed by atoms with E-state index in [0.29, 0.717) is 11.7 Å². The number of hydrogen-bond donors (Lipinski definition) is 1. The van der Waals surface area contributed by atoms with E-state index in [1.54, 1.807) is 6.20 Å². The normalized spacial score (nSPS) is 16.4. The number of anilines is 1. The highest BCUT2D eigenvalue weighted by Crippen LogP contribution is 2.27. The Labute approximate surface area is 106 Å². The van der Waals surface area contributed by atoms with Crippen molar-refractivity contribution in [3.63, 3.8) is 0 Å². The number of nitrogens with zero attached hydrogens (tertiary/aromatic N) is 3. The first-order valence-corrected chi connectivity index (χ1v) is 6.15. The van der Waals surface area contributed by atoms with Gasteiger partial charge in [-0.15, -0.1) is 0 Å². The van der Waals surface area contributed by atoms with Gasteiger partial charge in [-0.25, -0.2) is 4.98 Å². The van der Waals surface area contributed by atoms with Gasteiger partial charge in [-0.05, 0) is 18.2 Å². The standard InChI is InChI=1S/C14H16N4/c15-14-11(4-3-7-17-14)8-18-9-12(10-18)13-5-1-2-6-16-13/h1-7,12H,8-10H2,(H2,15,17). The second-order valence-electron chi connectivity index (χ2n) is 4.69. The summed E-state index contributed by atoms with van der Waals surface area (Å²) in [5, 5.41) is 0. The highest BCUT2D eigenvalue weighted by molar-refractivity contribution is 5.38. The zero-order valence-corrected chi connectivity index (χ0v) is 10.2. The summed E-state index contributed by atoms with van der Waals surface area (Å²) in [6, 6.07) is 10.1. The molecule has 92 valence electrons. The molecule has 3 heterocycles. The molecule has 1 aliphatic heterocycles. The smallest absolute Gasteiger partial charge is 0.127 e. The number of likely N-dealkylation sites (tertiary alicyclic amines) is 1. The lowest BCUT2D eigenvalue weighted by atomic mass is 9.95. The molecule has 1 saturated heterocycles. The van der Waals surface area contributed by atoms with Crippen molar-refractivity contribution < 1.29 is 0 Å². The highest BCUT2D eigenvalue weighted by Gasteiger charge is 2.28. The monoisotopic (exact) mass is 240 g/mol. The molecule has 0 bridgehead atoms. The van der Waals surface area contributed by atoms with Gasteiger partial charge in [0.25, 0.3) is 0 Å². The van der Waals surface area contributed by atoms with Crippen LogP contribution < -0.4 is 5.73 Å². The van der Waals surface area contributed by atoms with E-state index in [2.05, 4.69) is 20.9 Å². The van der Waals surface area contributed by atoms with Crippen LogP contribution in [0.3, 0.4) is 0 Å². The Bertz CT molecular complexity index is 520. The van der Waals surface area contributed by atoms with Gasteiger partial charge in [-0.1, -0.05) is 12.1 Å². The summed E-state index contributed by atoms with van der Waals surface area (Å²) in [4.78, 5) is 10.9. The lowest BCUT2D eigenvalue weighted by Gasteiger charge is -2.39. The molecule has 0 aliphatic carbocycles. The van der Waals surface area contributed by atoms with E-state index < -0.39 is 0 Å². The van der Waals surface area contributed by atoms with Gasteiger partial charge in [0, 0.05) is 49.2 Å². The molecule has 1 fully saturated rings. The topological polar surface area (TPSA) is 55.0 Å². The van der Waals surface area contributed by atoms with Crippen molar-refractivity contribution in [3.05, 3.63) is 54.0 Å². The van der Waals surface area contributed by atoms with Crippen LogP contribution in [-0.4, -0.2) is 28.0 Å². The average molecular weight is 240 g/mol. The Kier molecular flexibility index (Phi) is 2.94. The third-order valence-corrected chi connectivity index (χ3v) is 3.38. The molecular weight excluding hydrogens is 224 g/mol. The molecule has 4 nitrogen and oxygen atoms in total. The Morgan fingerprint density at radius 1 is 1.11 bits per heavy atom. The van der Waals surface area contributed by atoms with E-state index in [4.69, 9.17) is 5.73 Å². The highest BCUT2D eigenvalue weighted by atomic mass is 15.2. The summed E-state index contributed by atoms with van der Waals surface area (Å²) in [6.45, 7) is 2.97. The third kappa shape index (κ3) is 2.19. The van der Waals surface area contributed by atoms with E-state index in [9.17, 15) is 0 Å². The van der Waals surface area contributed by atoms with Crippen LogP contribution in [0.15, 0.2) is 42.7 Å². The maximum Gasteiger partial charge on any atom is 0.127 e. The van der Waals surface area contributed by atoms with Gasteiger partial charge in [-0.2, -0.15) is 0 Å². The van der Waals surface area contributed by atoms with Crippen LogP contribution >= 0.6 is 0 Å². The van der Waals surface area contributed by atoms with Gasteiger partial charge in [0.2, 0.25) is 0 Å². The minimum absolute atomic E-state index is 0.559. The fourth-order valence-electron chi connectivity index (χ4n) is 2.33. The number of hydrogen-bond acceptors (Lipinski definition) is 4. The second kappa shape index (κ2) is 4.74. The molecule has 2 aromatic heterocycles. The number of nitrogens with two attached hydrogens (primary N) is 1. The largest absolute Gasteiger partial charge is 0.383 e. The van der Waals surface area contributed by atoms with Crippen molar-refractivity contribution in [1.29, 1.82) is 0 Å². The number of rotatable bonds is 3. The second-order valence-corrected chi connectivity index (χ2v) is 4.69. The van der Waals surface area contributed by atoms with Gasteiger partial charge in [-0.3, -0.25) is 9.88 Å². The molecular formula is C14H16N4. The van der Waals surface area contributed by atoms with Gasteiger partial charge >= 0.3 is 0 Å². The lowest BCUT2D eigenvalue weighted by Crippen LogP contribution is -2.44. The molecule has 4 heteroatoms. The zero-order valence-electron chi connectivity index (χ0n) is 10.2. The van der Waals surface area contributed by atoms with Gasteiger partial charge in [0.05, 0.1) is 0 Å². The Hall–Kier alpha value is -1.94. The van der Waals surface area contributed by atoms with Crippen LogP contribution in [0, 0.1) is 0 Å². The molecule has 2 N–H and O–H groups in total. The van der Waals surface area contributed by atoms with Crippen LogP contribution in [0.25, 0.3) is 0 Å². The molecule has 0 atom stereocenters. The summed E-state index contributed by atoms with van der Waals surface area (Å²) < 4.78 is 0. The average Bonchev–Trinajstić information content (AvgIpc) is 2.36. The van der Waals surface area contributed by atoms with Crippen LogP contribution in [0.4, 0.5) is 5.82 Å². The SMILES string of the molecule is Nc1ncccc1CN1CC(c2ccccn2)C1. The minimum atomic E-state index is 0.559. The molecule has 0 radical (unpaired) electrons. The molecule has 0 aromatic carbocycles. The maximum absolute atomic E-state index is 5.84. The first-order chi connectivity index (χ1) is 8.83. The predicted octanol–water partition coefficient (Wildman–Crippen LogP) is 1.66. The third-order valence-electron chi connectivity index (χ3n) is 3.38. The van der Waals surface area contributed by atoms with Crippen molar-refractivity contribution in [2.45, 2.75) is 12.5 Å². The molecule has 1 aliphatic rings. The number of nitrogen functional groups attached to an aromatic ring is 1. The zero-order chi connectivity index (χ0) is 12.4. The summed E-state index contributed by atoms with van der Waals surface area (Å²) in [6.07, 6.45) is 3.59. The summed E-state index contributed by atoms with van der Waals surface area (Å²) >= 11 is 0. The van der Waals surface area contributed by atoms with E-state index >= 15 is 0 Å². The Morgan fingerprint density at radius 2 is 1.94 bits per heavy atom. The molecule has 0 amide bonds. The summed E-state index contributed by atoms with van der Waals surface area (Å²) in [5.74, 6) is 1.20. The van der Waals surface area contributed by atoms with E-state index in [0.717, 1.165) is 25.2 Å². The number of aromatic nitrogens is 2. The molecule has 18 heavy (non-hydrogen) atoms. The fourth-order valence-corrected chi connectivity index (χ4v) is 2.33. The fraction of sp³-hybridized carbons (Fsp3) is 0.286. The van der Waals surface area contributed by atoms with E-state index in [-0.39, 0.29) is 0 Å². The molecule has 0 unspecified atom stereocenters. The quantitative estimate of drug-likeness (QED) is 0.886. The molecule has 0 saturated carbocycles. The van der Waals surface area contributed by atoms with Gasteiger partial charge in [0.15, 0.2) is 0 Å². The summed E-state index contributed by atoms with van der Waals surface area (Å²) in [5.41, 5.74) is 8.14. The Balaban J connectivity index is 1.59. The van der Waals surface area contributed by atoms with Crippen molar-refractivity contribution in [2.24, 2.45) is 0 Å². The molecule has 2 aromatic rings. The van der Waals surface area contributed by atoms with E-state index in [1.807, 2.05) is 30.5 Å². The maximum atomic E-state index is 5.84. The van der Waals surface area contributed by atoms with Crippen molar-refractivity contribution >= 4 is 5.82 Å². The molecule has 0 spiro atoms. The van der Waals surface area contributed by atoms with Crippen molar-refractivity contribution in [1.82, 2.24) is 14.9 Å². The summed E-state index contributed by atoms with van der Waals surface area (Å²) in [7, 11) is 0. The van der Waals surface area contributed by atoms with Crippen LogP contribution in [0.1, 0.15) is 17.2 Å². The van der Waals surface area contributed by atoms with Crippen LogP contribution in [-0.2, 0) is 6.54 Å². The minimum Gasteiger partial charge on any atom is -0.383 e. The van der Waals surface area contributed by atoms with Gasteiger partial charge in [0.1, 0.15) is 5.82 Å². The first-order valence-electron chi connectivity index (χ1n) is 6.15. The van der Waals surface area contributed by atoms with Crippen LogP contribution in [0.2, 0.25) is 0 Å². The number of pyridine rings is 2. The Morgan fingerprint density at radius 3 is 2.67 bits per heavy atom.